The molecule has 5 rings (SSSR count). The van der Waals surface area contributed by atoms with Crippen molar-refractivity contribution in [3.63, 3.8) is 0 Å². The molecule has 45 heavy (non-hydrogen) atoms. The number of carbonyl (C=O) groups is 1. The van der Waals surface area contributed by atoms with Crippen LogP contribution in [0, 0.1) is 5.82 Å². The van der Waals surface area contributed by atoms with Gasteiger partial charge in [0.05, 0.1) is 6.04 Å². The number of aliphatic hydroxyl groups is 5. The van der Waals surface area contributed by atoms with Crippen LogP contribution in [-0.2, 0) is 19.0 Å². The molecule has 13 nitrogen and oxygen atoms in total. The first-order chi connectivity index (χ1) is 21.4. The number of halogens is 1. The van der Waals surface area contributed by atoms with E-state index < -0.39 is 67.1 Å². The highest BCUT2D eigenvalue weighted by Crippen LogP contribution is 2.34. The largest absolute Gasteiger partial charge is 0.504 e. The summed E-state index contributed by atoms with van der Waals surface area (Å²) in [7, 11) is 0. The Balaban J connectivity index is 1.18. The molecule has 1 saturated carbocycles. The highest BCUT2D eigenvalue weighted by molar-refractivity contribution is 5.97. The second kappa shape index (κ2) is 13.8. The second-order valence-corrected chi connectivity index (χ2v) is 11.1. The lowest BCUT2D eigenvalue weighted by atomic mass is 9.83. The molecule has 0 spiro atoms. The zero-order valence-electron chi connectivity index (χ0n) is 24.4. The Hall–Kier alpha value is -3.60. The zero-order chi connectivity index (χ0) is 32.4. The van der Waals surface area contributed by atoms with Gasteiger partial charge in [0.25, 0.3) is 0 Å². The van der Waals surface area contributed by atoms with E-state index >= 15 is 0 Å². The predicted octanol–water partition coefficient (Wildman–Crippen LogP) is 0.108. The first-order valence-electron chi connectivity index (χ1n) is 14.3. The number of hydrogen-bond donors (Lipinski definition) is 7. The first kappa shape index (κ1) is 32.8. The minimum atomic E-state index is -1.50. The highest BCUT2D eigenvalue weighted by Gasteiger charge is 2.53. The average Bonchev–Trinajstić information content (AvgIpc) is 3.62. The highest BCUT2D eigenvalue weighted by atomic mass is 19.1. The number of fused-ring (bicyclic) bond motifs is 1. The number of phenols is 1. The Labute approximate surface area is 257 Å². The van der Waals surface area contributed by atoms with Crippen molar-refractivity contribution in [3.05, 3.63) is 71.1 Å². The SMILES string of the molecule is CC(=Cc1ccc(O[C@@H]2O[C@H](C(C)=CCOc3ccc(F)cc3)[C@@H](O)[C@@H]2O)c(O)c1)C(=O)N[C@@H]1[C@H](O)[C@H](O)[C@H]2OCO[C@H]2[C@@H]1O. The topological polar surface area (TPSA) is 197 Å². The molecule has 2 aromatic rings. The number of aromatic hydroxyl groups is 1. The van der Waals surface area contributed by atoms with E-state index in [1.807, 2.05) is 0 Å². The third-order valence-electron chi connectivity index (χ3n) is 8.01. The van der Waals surface area contributed by atoms with E-state index in [0.29, 0.717) is 16.9 Å². The standard InChI is InChI=1S/C31H36FNO12/c1-14(9-10-41-18-6-4-17(32)5-7-18)27-25(38)26(39)31(45-27)44-20-8-3-16(12-19(20)34)11-15(2)30(40)33-21-22(35)24(37)29-28(23(21)36)42-13-43-29/h3-9,11-12,21-29,31,34-39H,10,13H2,1-2H3,(H,33,40)/t21-,22+,23-,24+,25+,26+,27-,28+,29-,31-/m1/s1. The van der Waals surface area contributed by atoms with Crippen molar-refractivity contribution in [1.82, 2.24) is 5.32 Å². The van der Waals surface area contributed by atoms with Crippen LogP contribution in [0.5, 0.6) is 17.2 Å². The van der Waals surface area contributed by atoms with E-state index in [4.69, 9.17) is 23.7 Å². The summed E-state index contributed by atoms with van der Waals surface area (Å²) < 4.78 is 40.5. The molecule has 2 heterocycles. The number of carbonyl (C=O) groups excluding carboxylic acids is 1. The maximum Gasteiger partial charge on any atom is 0.247 e. The Kier molecular flexibility index (Phi) is 10.1. The van der Waals surface area contributed by atoms with Crippen LogP contribution in [0.2, 0.25) is 0 Å². The van der Waals surface area contributed by atoms with Crippen LogP contribution < -0.4 is 14.8 Å². The minimum absolute atomic E-state index is 0.0526. The Morgan fingerprint density at radius 2 is 1.64 bits per heavy atom. The molecule has 0 radical (unpaired) electrons. The molecule has 3 aliphatic rings. The normalized spacial score (nSPS) is 33.5. The van der Waals surface area contributed by atoms with Gasteiger partial charge in [-0.1, -0.05) is 6.07 Å². The van der Waals surface area contributed by atoms with Gasteiger partial charge in [0.2, 0.25) is 12.2 Å². The smallest absolute Gasteiger partial charge is 0.247 e. The van der Waals surface area contributed by atoms with Gasteiger partial charge in [-0.2, -0.15) is 0 Å². The third kappa shape index (κ3) is 7.13. The van der Waals surface area contributed by atoms with Crippen molar-refractivity contribution in [3.8, 4) is 17.2 Å². The van der Waals surface area contributed by atoms with Gasteiger partial charge in [0.15, 0.2) is 11.5 Å². The number of benzene rings is 2. The molecular weight excluding hydrogens is 597 g/mol. The average molecular weight is 634 g/mol. The van der Waals surface area contributed by atoms with E-state index in [-0.39, 0.29) is 36.3 Å². The molecule has 2 aliphatic heterocycles. The van der Waals surface area contributed by atoms with Crippen molar-refractivity contribution >= 4 is 12.0 Å². The van der Waals surface area contributed by atoms with Crippen LogP contribution in [-0.4, -0.2) is 111 Å². The number of phenolic OH excluding ortho intramolecular Hbond substituents is 1. The minimum Gasteiger partial charge on any atom is -0.504 e. The van der Waals surface area contributed by atoms with E-state index in [0.717, 1.165) is 0 Å². The molecule has 244 valence electrons. The van der Waals surface area contributed by atoms with Crippen LogP contribution >= 0.6 is 0 Å². The maximum absolute atomic E-state index is 13.1. The van der Waals surface area contributed by atoms with Crippen LogP contribution in [0.25, 0.3) is 6.08 Å². The van der Waals surface area contributed by atoms with Crippen LogP contribution in [0.1, 0.15) is 19.4 Å². The van der Waals surface area contributed by atoms with Crippen molar-refractivity contribution in [1.29, 1.82) is 0 Å². The fraction of sp³-hybridized carbons (Fsp3) is 0.452. The summed E-state index contributed by atoms with van der Waals surface area (Å²) in [6, 6.07) is 8.50. The molecule has 3 fully saturated rings. The number of nitrogens with one attached hydrogen (secondary N) is 1. The molecule has 0 aromatic heterocycles. The van der Waals surface area contributed by atoms with Gasteiger partial charge in [-0.25, -0.2) is 4.39 Å². The fourth-order valence-corrected chi connectivity index (χ4v) is 5.42. The Morgan fingerprint density at radius 3 is 2.33 bits per heavy atom. The van der Waals surface area contributed by atoms with Crippen molar-refractivity contribution in [2.75, 3.05) is 13.4 Å². The summed E-state index contributed by atoms with van der Waals surface area (Å²) in [6.45, 7) is 3.11. The summed E-state index contributed by atoms with van der Waals surface area (Å²) in [5, 5.41) is 65.5. The first-order valence-corrected chi connectivity index (χ1v) is 14.3. The molecule has 2 aromatic carbocycles. The van der Waals surface area contributed by atoms with Crippen molar-refractivity contribution < 1.29 is 63.5 Å². The monoisotopic (exact) mass is 633 g/mol. The maximum atomic E-state index is 13.1. The molecule has 7 N–H and O–H groups in total. The summed E-state index contributed by atoms with van der Waals surface area (Å²) >= 11 is 0. The number of rotatable bonds is 9. The van der Waals surface area contributed by atoms with Gasteiger partial charge in [-0.3, -0.25) is 4.79 Å². The number of ether oxygens (including phenoxy) is 5. The van der Waals surface area contributed by atoms with E-state index in [1.54, 1.807) is 13.0 Å². The van der Waals surface area contributed by atoms with Crippen LogP contribution in [0.4, 0.5) is 4.39 Å². The quantitative estimate of drug-likeness (QED) is 0.146. The summed E-state index contributed by atoms with van der Waals surface area (Å²) in [6.07, 6.45) is -7.95. The lowest BCUT2D eigenvalue weighted by Gasteiger charge is -2.41. The summed E-state index contributed by atoms with van der Waals surface area (Å²) in [5.41, 5.74) is 1.12. The van der Waals surface area contributed by atoms with Gasteiger partial charge in [0.1, 0.15) is 73.8 Å². The van der Waals surface area contributed by atoms with Crippen LogP contribution in [0.15, 0.2) is 59.7 Å². The lowest BCUT2D eigenvalue weighted by Crippen LogP contribution is -2.67. The second-order valence-electron chi connectivity index (χ2n) is 11.1. The fourth-order valence-electron chi connectivity index (χ4n) is 5.42. The number of aliphatic hydroxyl groups excluding tert-OH is 5. The van der Waals surface area contributed by atoms with Gasteiger partial charge in [-0.15, -0.1) is 0 Å². The summed E-state index contributed by atoms with van der Waals surface area (Å²) in [5.74, 6) is -0.967. The zero-order valence-corrected chi connectivity index (χ0v) is 24.4. The molecule has 1 aliphatic carbocycles. The van der Waals surface area contributed by atoms with E-state index in [2.05, 4.69) is 5.32 Å². The predicted molar refractivity (Wildman–Crippen MR) is 153 cm³/mol. The molecular formula is C31H36FNO12. The number of amides is 1. The molecule has 0 bridgehead atoms. The van der Waals surface area contributed by atoms with Crippen molar-refractivity contribution in [2.24, 2.45) is 0 Å². The summed E-state index contributed by atoms with van der Waals surface area (Å²) in [4.78, 5) is 12.9. The molecule has 1 amide bonds. The van der Waals surface area contributed by atoms with Crippen molar-refractivity contribution in [2.45, 2.75) is 75.0 Å². The third-order valence-corrected chi connectivity index (χ3v) is 8.01. The Bertz CT molecular complexity index is 1420. The van der Waals surface area contributed by atoms with Gasteiger partial charge < -0.3 is 59.6 Å². The van der Waals surface area contributed by atoms with Gasteiger partial charge in [0, 0.05) is 5.57 Å². The molecule has 14 heteroatoms. The Morgan fingerprint density at radius 1 is 0.956 bits per heavy atom. The molecule has 2 saturated heterocycles. The van der Waals surface area contributed by atoms with E-state index in [9.17, 15) is 39.8 Å². The van der Waals surface area contributed by atoms with Crippen LogP contribution in [0.3, 0.4) is 0 Å². The lowest BCUT2D eigenvalue weighted by molar-refractivity contribution is -0.155. The number of hydrogen-bond acceptors (Lipinski definition) is 12. The molecule has 10 atom stereocenters. The van der Waals surface area contributed by atoms with Gasteiger partial charge in [-0.05, 0) is 73.5 Å². The van der Waals surface area contributed by atoms with E-state index in [1.165, 1.54) is 55.5 Å². The molecule has 0 unspecified atom stereocenters. The van der Waals surface area contributed by atoms with Gasteiger partial charge >= 0.3 is 0 Å².